The molecule has 168 valence electrons. The zero-order valence-electron chi connectivity index (χ0n) is 19.5. The lowest BCUT2D eigenvalue weighted by molar-refractivity contribution is 0.669. The Bertz CT molecular complexity index is 1850. The maximum Gasteiger partial charge on any atom is 0.135 e. The lowest BCUT2D eigenvalue weighted by atomic mass is 10.0. The smallest absolute Gasteiger partial charge is 0.135 e. The van der Waals surface area contributed by atoms with Gasteiger partial charge in [-0.2, -0.15) is 0 Å². The van der Waals surface area contributed by atoms with Crippen molar-refractivity contribution in [1.82, 2.24) is 4.57 Å². The highest BCUT2D eigenvalue weighted by Crippen LogP contribution is 2.34. The van der Waals surface area contributed by atoms with Crippen LogP contribution in [0.4, 0.5) is 11.4 Å². The normalized spacial score (nSPS) is 11.7. The molecule has 0 bridgehead atoms. The van der Waals surface area contributed by atoms with Gasteiger partial charge in [0, 0.05) is 50.5 Å². The number of furan rings is 1. The summed E-state index contributed by atoms with van der Waals surface area (Å²) in [4.78, 5) is 0. The minimum absolute atomic E-state index is 0.909. The van der Waals surface area contributed by atoms with Gasteiger partial charge in [-0.3, -0.25) is 0 Å². The Morgan fingerprint density at radius 3 is 2.11 bits per heavy atom. The van der Waals surface area contributed by atoms with Crippen molar-refractivity contribution in [3.8, 4) is 11.1 Å². The molecule has 0 aliphatic carbocycles. The number of aryl methyl sites for hydroxylation is 1. The van der Waals surface area contributed by atoms with Crippen LogP contribution < -0.4 is 5.32 Å². The van der Waals surface area contributed by atoms with Crippen LogP contribution in [0, 0.1) is 0 Å². The summed E-state index contributed by atoms with van der Waals surface area (Å²) in [5.41, 5.74) is 8.96. The molecular formula is C32H24N2O. The third-order valence-corrected chi connectivity index (χ3v) is 6.97. The number of aromatic nitrogens is 1. The minimum atomic E-state index is 0.909. The molecule has 0 spiro atoms. The number of fused-ring (bicyclic) bond motifs is 6. The van der Waals surface area contributed by atoms with Gasteiger partial charge in [-0.25, -0.2) is 0 Å². The molecule has 0 fully saturated rings. The van der Waals surface area contributed by atoms with E-state index in [4.69, 9.17) is 4.42 Å². The summed E-state index contributed by atoms with van der Waals surface area (Å²) < 4.78 is 8.36. The highest BCUT2D eigenvalue weighted by molar-refractivity contribution is 6.09. The third-order valence-electron chi connectivity index (χ3n) is 6.97. The van der Waals surface area contributed by atoms with Crippen molar-refractivity contribution in [2.24, 2.45) is 0 Å². The van der Waals surface area contributed by atoms with Crippen LogP contribution >= 0.6 is 0 Å². The van der Waals surface area contributed by atoms with Crippen LogP contribution in [0.1, 0.15) is 6.92 Å². The first-order chi connectivity index (χ1) is 17.3. The summed E-state index contributed by atoms with van der Waals surface area (Å²) in [5.74, 6) is 0. The van der Waals surface area contributed by atoms with E-state index in [0.717, 1.165) is 39.9 Å². The minimum Gasteiger partial charge on any atom is -0.456 e. The predicted molar refractivity (Wildman–Crippen MR) is 148 cm³/mol. The monoisotopic (exact) mass is 452 g/mol. The number of benzene rings is 5. The van der Waals surface area contributed by atoms with Gasteiger partial charge in [-0.15, -0.1) is 0 Å². The Hall–Kier alpha value is -4.50. The molecule has 0 radical (unpaired) electrons. The third kappa shape index (κ3) is 3.20. The number of hydrogen-bond donors (Lipinski definition) is 1. The number of nitrogens with one attached hydrogen (secondary N) is 1. The van der Waals surface area contributed by atoms with E-state index in [1.54, 1.807) is 0 Å². The van der Waals surface area contributed by atoms with Gasteiger partial charge in [0.2, 0.25) is 0 Å². The molecule has 0 amide bonds. The molecule has 0 atom stereocenters. The van der Waals surface area contributed by atoms with E-state index in [2.05, 4.69) is 102 Å². The van der Waals surface area contributed by atoms with Crippen molar-refractivity contribution in [2.75, 3.05) is 5.32 Å². The zero-order chi connectivity index (χ0) is 23.4. The molecular weight excluding hydrogens is 428 g/mol. The second kappa shape index (κ2) is 7.78. The molecule has 2 heterocycles. The van der Waals surface area contributed by atoms with E-state index in [1.165, 1.54) is 32.9 Å². The number of rotatable bonds is 4. The first-order valence-corrected chi connectivity index (χ1v) is 12.1. The van der Waals surface area contributed by atoms with Gasteiger partial charge < -0.3 is 14.3 Å². The lowest BCUT2D eigenvalue weighted by Gasteiger charge is -2.09. The van der Waals surface area contributed by atoms with Crippen LogP contribution in [-0.4, -0.2) is 4.57 Å². The second-order valence-corrected chi connectivity index (χ2v) is 9.00. The van der Waals surface area contributed by atoms with E-state index >= 15 is 0 Å². The Morgan fingerprint density at radius 1 is 0.571 bits per heavy atom. The Kier molecular flexibility index (Phi) is 4.43. The van der Waals surface area contributed by atoms with Gasteiger partial charge in [-0.1, -0.05) is 60.7 Å². The van der Waals surface area contributed by atoms with Crippen LogP contribution in [0.15, 0.2) is 114 Å². The first kappa shape index (κ1) is 19.9. The number of anilines is 2. The summed E-state index contributed by atoms with van der Waals surface area (Å²) in [6.45, 7) is 3.16. The molecule has 35 heavy (non-hydrogen) atoms. The quantitative estimate of drug-likeness (QED) is 0.288. The van der Waals surface area contributed by atoms with Gasteiger partial charge >= 0.3 is 0 Å². The average Bonchev–Trinajstić information content (AvgIpc) is 3.44. The number of hydrogen-bond acceptors (Lipinski definition) is 2. The van der Waals surface area contributed by atoms with E-state index in [0.29, 0.717) is 0 Å². The largest absolute Gasteiger partial charge is 0.456 e. The maximum absolute atomic E-state index is 5.96. The summed E-state index contributed by atoms with van der Waals surface area (Å²) in [6, 6.07) is 38.6. The Labute approximate surface area is 203 Å². The predicted octanol–water partition coefficient (Wildman–Crippen LogP) is 9.12. The van der Waals surface area contributed by atoms with Gasteiger partial charge in [0.05, 0.1) is 0 Å². The van der Waals surface area contributed by atoms with Crippen LogP contribution in [0.2, 0.25) is 0 Å². The summed E-state index contributed by atoms with van der Waals surface area (Å²) >= 11 is 0. The molecule has 0 aliphatic heterocycles. The Morgan fingerprint density at radius 2 is 1.26 bits per heavy atom. The molecule has 7 aromatic rings. The van der Waals surface area contributed by atoms with Crippen molar-refractivity contribution < 1.29 is 4.42 Å². The molecule has 5 aromatic carbocycles. The van der Waals surface area contributed by atoms with Gasteiger partial charge in [0.25, 0.3) is 0 Å². The number of para-hydroxylation sites is 2. The topological polar surface area (TPSA) is 30.1 Å². The molecule has 1 N–H and O–H groups in total. The van der Waals surface area contributed by atoms with E-state index in [-0.39, 0.29) is 0 Å². The van der Waals surface area contributed by atoms with Crippen molar-refractivity contribution >= 4 is 55.1 Å². The Balaban J connectivity index is 1.22. The van der Waals surface area contributed by atoms with Crippen molar-refractivity contribution in [3.05, 3.63) is 109 Å². The SMILES string of the molecule is CCn1c2ccccc2c2ccc(-c3ccc(Nc4ccc5oc6ccccc6c5c4)cc3)cc21. The zero-order valence-corrected chi connectivity index (χ0v) is 19.5. The number of nitrogens with zero attached hydrogens (tertiary/aromatic N) is 1. The molecule has 0 unspecified atom stereocenters. The second-order valence-electron chi connectivity index (χ2n) is 9.00. The van der Waals surface area contributed by atoms with Gasteiger partial charge in [0.15, 0.2) is 0 Å². The van der Waals surface area contributed by atoms with Crippen molar-refractivity contribution in [2.45, 2.75) is 13.5 Å². The van der Waals surface area contributed by atoms with Crippen LogP contribution in [0.3, 0.4) is 0 Å². The summed E-state index contributed by atoms with van der Waals surface area (Å²) in [6.07, 6.45) is 0. The van der Waals surface area contributed by atoms with Crippen LogP contribution in [0.25, 0.3) is 54.9 Å². The van der Waals surface area contributed by atoms with E-state index in [9.17, 15) is 0 Å². The highest BCUT2D eigenvalue weighted by atomic mass is 16.3. The van der Waals surface area contributed by atoms with Gasteiger partial charge in [0.1, 0.15) is 11.2 Å². The van der Waals surface area contributed by atoms with E-state index in [1.807, 2.05) is 24.3 Å². The lowest BCUT2D eigenvalue weighted by Crippen LogP contribution is -1.93. The van der Waals surface area contributed by atoms with E-state index < -0.39 is 0 Å². The molecule has 3 nitrogen and oxygen atoms in total. The first-order valence-electron chi connectivity index (χ1n) is 12.1. The highest BCUT2D eigenvalue weighted by Gasteiger charge is 2.11. The van der Waals surface area contributed by atoms with Crippen LogP contribution in [0.5, 0.6) is 0 Å². The molecule has 0 saturated heterocycles. The molecule has 0 saturated carbocycles. The molecule has 0 aliphatic rings. The fraction of sp³-hybridized carbons (Fsp3) is 0.0625. The maximum atomic E-state index is 5.96. The fourth-order valence-corrected chi connectivity index (χ4v) is 5.29. The standard InChI is InChI=1S/C32H24N2O/c1-2-34-29-9-5-3-7-25(29)26-17-13-22(19-30(26)34)21-11-14-23(15-12-21)33-24-16-18-32-28(20-24)27-8-4-6-10-31(27)35-32/h3-20,33H,2H2,1H3. The van der Waals surface area contributed by atoms with Crippen molar-refractivity contribution in [3.63, 3.8) is 0 Å². The van der Waals surface area contributed by atoms with Crippen LogP contribution in [-0.2, 0) is 6.54 Å². The molecule has 2 aromatic heterocycles. The summed E-state index contributed by atoms with van der Waals surface area (Å²) in [7, 11) is 0. The summed E-state index contributed by atoms with van der Waals surface area (Å²) in [5, 5.41) is 8.45. The molecule has 7 rings (SSSR count). The van der Waals surface area contributed by atoms with Crippen molar-refractivity contribution in [1.29, 1.82) is 0 Å². The fourth-order valence-electron chi connectivity index (χ4n) is 5.29. The van der Waals surface area contributed by atoms with Gasteiger partial charge in [-0.05, 0) is 66.6 Å². The average molecular weight is 453 g/mol. The molecule has 3 heteroatoms.